The van der Waals surface area contributed by atoms with Gasteiger partial charge >= 0.3 is 6.18 Å². The van der Waals surface area contributed by atoms with Gasteiger partial charge < -0.3 is 14.8 Å². The quantitative estimate of drug-likeness (QED) is 0.564. The number of carbonyl (C=O) groups is 1. The number of thiophene rings is 1. The molecule has 2 aromatic heterocycles. The van der Waals surface area contributed by atoms with Gasteiger partial charge in [-0.15, -0.1) is 11.3 Å². The molecular formula is C18H16F3N3O3S. The van der Waals surface area contributed by atoms with Crippen LogP contribution < -0.4 is 10.1 Å². The molecule has 0 saturated carbocycles. The van der Waals surface area contributed by atoms with Gasteiger partial charge in [-0.05, 0) is 35.7 Å². The Morgan fingerprint density at radius 3 is 2.75 bits per heavy atom. The summed E-state index contributed by atoms with van der Waals surface area (Å²) in [4.78, 5) is 13.4. The van der Waals surface area contributed by atoms with Crippen molar-refractivity contribution in [1.82, 2.24) is 10.2 Å². The van der Waals surface area contributed by atoms with Crippen LogP contribution in [-0.2, 0) is 10.9 Å². The Labute approximate surface area is 162 Å². The lowest BCUT2D eigenvalue weighted by atomic mass is 10.1. The first kappa shape index (κ1) is 19.9. The van der Waals surface area contributed by atoms with Gasteiger partial charge in [0.15, 0.2) is 5.69 Å². The van der Waals surface area contributed by atoms with Crippen LogP contribution in [-0.4, -0.2) is 36.4 Å². The first-order valence-corrected chi connectivity index (χ1v) is 9.00. The molecule has 10 heteroatoms. The minimum atomic E-state index is -4.55. The van der Waals surface area contributed by atoms with Gasteiger partial charge in [0, 0.05) is 7.11 Å². The molecule has 0 spiro atoms. The van der Waals surface area contributed by atoms with Gasteiger partial charge in [0.05, 0.1) is 28.4 Å². The third-order valence-corrected chi connectivity index (χ3v) is 4.60. The highest BCUT2D eigenvalue weighted by Crippen LogP contribution is 2.35. The average Bonchev–Trinajstić information content (AvgIpc) is 3.33. The molecule has 0 bridgehead atoms. The molecule has 0 atom stereocenters. The van der Waals surface area contributed by atoms with Crippen molar-refractivity contribution in [2.75, 3.05) is 25.6 Å². The molecule has 0 saturated heterocycles. The zero-order valence-electron chi connectivity index (χ0n) is 14.7. The van der Waals surface area contributed by atoms with E-state index in [0.29, 0.717) is 5.69 Å². The molecule has 6 nitrogen and oxygen atoms in total. The van der Waals surface area contributed by atoms with Crippen molar-refractivity contribution >= 4 is 22.9 Å². The Morgan fingerprint density at radius 1 is 1.25 bits per heavy atom. The number of hydrogen-bond donors (Lipinski definition) is 2. The predicted octanol–water partition coefficient (Wildman–Crippen LogP) is 4.43. The average molecular weight is 411 g/mol. The number of halogens is 3. The number of carbonyl (C=O) groups excluding carboxylic acids is 1. The van der Waals surface area contributed by atoms with Gasteiger partial charge in [0.1, 0.15) is 12.4 Å². The molecule has 1 amide bonds. The highest BCUT2D eigenvalue weighted by atomic mass is 32.1. The fourth-order valence-electron chi connectivity index (χ4n) is 2.35. The number of aromatic nitrogens is 2. The smallest absolute Gasteiger partial charge is 0.416 e. The number of methoxy groups -OCH3 is 1. The standard InChI is InChI=1S/C18H16F3N3O3S/c1-26-6-7-27-15-5-4-11(18(19,20)21)9-12(15)22-17(25)14-10-13(23-24-14)16-3-2-8-28-16/h2-5,8-10H,6-7H2,1H3,(H,22,25)(H,23,24). The summed E-state index contributed by atoms with van der Waals surface area (Å²) in [6.45, 7) is 0.369. The van der Waals surface area contributed by atoms with Crippen molar-refractivity contribution in [2.45, 2.75) is 6.18 Å². The van der Waals surface area contributed by atoms with E-state index in [1.54, 1.807) is 0 Å². The van der Waals surface area contributed by atoms with Gasteiger partial charge in [0.25, 0.3) is 5.91 Å². The monoisotopic (exact) mass is 411 g/mol. The second-order valence-corrected chi connectivity index (χ2v) is 6.60. The van der Waals surface area contributed by atoms with Crippen molar-refractivity contribution in [3.63, 3.8) is 0 Å². The lowest BCUT2D eigenvalue weighted by Crippen LogP contribution is -2.15. The summed E-state index contributed by atoms with van der Waals surface area (Å²) < 4.78 is 49.4. The van der Waals surface area contributed by atoms with Gasteiger partial charge in [-0.2, -0.15) is 18.3 Å². The molecular weight excluding hydrogens is 395 g/mol. The second kappa shape index (κ2) is 8.44. The molecule has 0 aliphatic heterocycles. The fourth-order valence-corrected chi connectivity index (χ4v) is 3.04. The van der Waals surface area contributed by atoms with Crippen LogP contribution in [0, 0.1) is 0 Å². The number of hydrogen-bond acceptors (Lipinski definition) is 5. The SMILES string of the molecule is COCCOc1ccc(C(F)(F)F)cc1NC(=O)c1cc(-c2cccs2)[nH]n1. The van der Waals surface area contributed by atoms with Crippen LogP contribution in [0.25, 0.3) is 10.6 Å². The molecule has 0 aliphatic carbocycles. The molecule has 28 heavy (non-hydrogen) atoms. The van der Waals surface area contributed by atoms with Crippen molar-refractivity contribution in [2.24, 2.45) is 0 Å². The predicted molar refractivity (Wildman–Crippen MR) is 98.7 cm³/mol. The van der Waals surface area contributed by atoms with Crippen LogP contribution in [0.3, 0.4) is 0 Å². The first-order valence-electron chi connectivity index (χ1n) is 8.12. The van der Waals surface area contributed by atoms with Crippen molar-refractivity contribution in [3.05, 3.63) is 53.0 Å². The third-order valence-electron chi connectivity index (χ3n) is 3.70. The van der Waals surface area contributed by atoms with Crippen molar-refractivity contribution in [1.29, 1.82) is 0 Å². The van der Waals surface area contributed by atoms with E-state index >= 15 is 0 Å². The highest BCUT2D eigenvalue weighted by molar-refractivity contribution is 7.13. The zero-order chi connectivity index (χ0) is 20.1. The fraction of sp³-hybridized carbons (Fsp3) is 0.222. The number of H-pyrrole nitrogens is 1. The van der Waals surface area contributed by atoms with Crippen LogP contribution in [0.5, 0.6) is 5.75 Å². The number of nitrogens with one attached hydrogen (secondary N) is 2. The number of nitrogens with zero attached hydrogens (tertiary/aromatic N) is 1. The van der Waals surface area contributed by atoms with Gasteiger partial charge in [0.2, 0.25) is 0 Å². The summed E-state index contributed by atoms with van der Waals surface area (Å²) in [5.74, 6) is -0.553. The normalized spacial score (nSPS) is 11.4. The highest BCUT2D eigenvalue weighted by Gasteiger charge is 2.31. The van der Waals surface area contributed by atoms with E-state index in [2.05, 4.69) is 15.5 Å². The van der Waals surface area contributed by atoms with E-state index in [0.717, 1.165) is 23.1 Å². The summed E-state index contributed by atoms with van der Waals surface area (Å²) in [5, 5.41) is 11.0. The Morgan fingerprint density at radius 2 is 2.07 bits per heavy atom. The summed E-state index contributed by atoms with van der Waals surface area (Å²) in [5.41, 5.74) is -0.316. The number of benzene rings is 1. The molecule has 0 radical (unpaired) electrons. The van der Waals surface area contributed by atoms with E-state index in [4.69, 9.17) is 9.47 Å². The number of alkyl halides is 3. The zero-order valence-corrected chi connectivity index (χ0v) is 15.5. The summed E-state index contributed by atoms with van der Waals surface area (Å²) in [6, 6.07) is 8.12. The van der Waals surface area contributed by atoms with Crippen LogP contribution in [0.15, 0.2) is 41.8 Å². The maximum atomic E-state index is 13.0. The topological polar surface area (TPSA) is 76.2 Å². The number of aromatic amines is 1. The first-order chi connectivity index (χ1) is 13.4. The Hall–Kier alpha value is -2.85. The van der Waals surface area contributed by atoms with E-state index in [-0.39, 0.29) is 30.3 Å². The molecule has 3 rings (SSSR count). The Kier molecular flexibility index (Phi) is 6.00. The van der Waals surface area contributed by atoms with Gasteiger partial charge in [-0.3, -0.25) is 9.89 Å². The lowest BCUT2D eigenvalue weighted by Gasteiger charge is -2.15. The van der Waals surface area contributed by atoms with Crippen molar-refractivity contribution < 1.29 is 27.4 Å². The molecule has 2 N–H and O–H groups in total. The van der Waals surface area contributed by atoms with Crippen LogP contribution >= 0.6 is 11.3 Å². The maximum Gasteiger partial charge on any atom is 0.416 e. The Balaban J connectivity index is 1.83. The van der Waals surface area contributed by atoms with E-state index in [9.17, 15) is 18.0 Å². The molecule has 2 heterocycles. The number of amides is 1. The molecule has 148 valence electrons. The molecule has 0 fully saturated rings. The van der Waals surface area contributed by atoms with Crippen LogP contribution in [0.4, 0.5) is 18.9 Å². The largest absolute Gasteiger partial charge is 0.489 e. The second-order valence-electron chi connectivity index (χ2n) is 5.65. The van der Waals surface area contributed by atoms with Crippen LogP contribution in [0.2, 0.25) is 0 Å². The van der Waals surface area contributed by atoms with Gasteiger partial charge in [-0.1, -0.05) is 6.07 Å². The van der Waals surface area contributed by atoms with Crippen molar-refractivity contribution in [3.8, 4) is 16.3 Å². The lowest BCUT2D eigenvalue weighted by molar-refractivity contribution is -0.137. The summed E-state index contributed by atoms with van der Waals surface area (Å²) in [7, 11) is 1.47. The Bertz CT molecular complexity index is 939. The van der Waals surface area contributed by atoms with Crippen LogP contribution in [0.1, 0.15) is 16.1 Å². The maximum absolute atomic E-state index is 13.0. The molecule has 0 aliphatic rings. The van der Waals surface area contributed by atoms with E-state index in [1.807, 2.05) is 17.5 Å². The molecule has 0 unspecified atom stereocenters. The summed E-state index contributed by atoms with van der Waals surface area (Å²) in [6.07, 6.45) is -4.55. The number of anilines is 1. The third kappa shape index (κ3) is 4.70. The molecule has 1 aromatic carbocycles. The van der Waals surface area contributed by atoms with E-state index in [1.165, 1.54) is 24.5 Å². The summed E-state index contributed by atoms with van der Waals surface area (Å²) >= 11 is 1.46. The minimum Gasteiger partial charge on any atom is -0.489 e. The van der Waals surface area contributed by atoms with Gasteiger partial charge in [-0.25, -0.2) is 0 Å². The number of rotatable bonds is 7. The minimum absolute atomic E-state index is 0.0450. The number of ether oxygens (including phenoxy) is 2. The van der Waals surface area contributed by atoms with E-state index < -0.39 is 17.6 Å². The molecule has 3 aromatic rings.